The van der Waals surface area contributed by atoms with Crippen molar-refractivity contribution >= 4 is 22.3 Å². The lowest BCUT2D eigenvalue weighted by Gasteiger charge is -1.99. The van der Waals surface area contributed by atoms with Crippen LogP contribution in [-0.4, -0.2) is 9.97 Å². The topological polar surface area (TPSA) is 37.8 Å². The summed E-state index contributed by atoms with van der Waals surface area (Å²) in [7, 11) is 0. The van der Waals surface area contributed by atoms with Crippen molar-refractivity contribution in [1.29, 1.82) is 0 Å². The third-order valence-corrected chi connectivity index (χ3v) is 3.70. The predicted molar refractivity (Wildman–Crippen MR) is 79.8 cm³/mol. The van der Waals surface area contributed by atoms with Crippen molar-refractivity contribution in [1.82, 2.24) is 9.97 Å². The molecule has 0 amide bonds. The molecule has 0 radical (unpaired) electrons. The second kappa shape index (κ2) is 5.20. The Morgan fingerprint density at radius 1 is 1.00 bits per heavy atom. The van der Waals surface area contributed by atoms with Gasteiger partial charge in [-0.15, -0.1) is 0 Å². The van der Waals surface area contributed by atoms with E-state index in [0.717, 1.165) is 15.8 Å². The molecule has 0 fully saturated rings. The number of pyridine rings is 1. The fourth-order valence-corrected chi connectivity index (χ4v) is 2.56. The first-order valence-corrected chi connectivity index (χ1v) is 6.84. The highest BCUT2D eigenvalue weighted by Crippen LogP contribution is 2.30. The molecule has 4 heteroatoms. The molecule has 0 aliphatic rings. The normalized spacial score (nSPS) is 10.4. The van der Waals surface area contributed by atoms with E-state index >= 15 is 0 Å². The van der Waals surface area contributed by atoms with Gasteiger partial charge in [0.15, 0.2) is 5.13 Å². The van der Waals surface area contributed by atoms with Crippen molar-refractivity contribution in [3.05, 3.63) is 60.4 Å². The average Bonchev–Trinajstić information content (AvgIpc) is 2.89. The standard InChI is InChI=1S/C15H13N3S/c1-11-5-7-12(8-6-11)13-10-17-15(19-13)18-14-4-2-3-9-16-14/h2-10H,1H3,(H,16,17,18). The molecular weight excluding hydrogens is 254 g/mol. The van der Waals surface area contributed by atoms with Crippen LogP contribution in [0.25, 0.3) is 10.4 Å². The largest absolute Gasteiger partial charge is 0.316 e. The summed E-state index contributed by atoms with van der Waals surface area (Å²) in [4.78, 5) is 9.75. The molecule has 0 aliphatic heterocycles. The highest BCUT2D eigenvalue weighted by atomic mass is 32.1. The number of thiazole rings is 1. The zero-order valence-electron chi connectivity index (χ0n) is 10.5. The highest BCUT2D eigenvalue weighted by Gasteiger charge is 2.04. The molecule has 2 heterocycles. The molecule has 3 aromatic rings. The summed E-state index contributed by atoms with van der Waals surface area (Å²) >= 11 is 1.62. The lowest BCUT2D eigenvalue weighted by atomic mass is 10.1. The van der Waals surface area contributed by atoms with Gasteiger partial charge in [0.05, 0.1) is 4.88 Å². The van der Waals surface area contributed by atoms with Gasteiger partial charge in [0.25, 0.3) is 0 Å². The van der Waals surface area contributed by atoms with Crippen LogP contribution in [0.4, 0.5) is 10.9 Å². The summed E-state index contributed by atoms with van der Waals surface area (Å²) in [6, 6.07) is 14.2. The molecule has 3 rings (SSSR count). The van der Waals surface area contributed by atoms with Crippen molar-refractivity contribution in [3.63, 3.8) is 0 Å². The van der Waals surface area contributed by atoms with Crippen LogP contribution in [0.1, 0.15) is 5.56 Å². The summed E-state index contributed by atoms with van der Waals surface area (Å²) in [5, 5.41) is 4.06. The van der Waals surface area contributed by atoms with Crippen LogP contribution in [-0.2, 0) is 0 Å². The number of hydrogen-bond donors (Lipinski definition) is 1. The number of aromatic nitrogens is 2. The molecule has 0 atom stereocenters. The van der Waals surface area contributed by atoms with E-state index in [2.05, 4.69) is 46.5 Å². The van der Waals surface area contributed by atoms with Crippen molar-refractivity contribution < 1.29 is 0 Å². The van der Waals surface area contributed by atoms with Crippen molar-refractivity contribution in [2.75, 3.05) is 5.32 Å². The van der Waals surface area contributed by atoms with Crippen LogP contribution in [0, 0.1) is 6.92 Å². The molecule has 0 spiro atoms. The van der Waals surface area contributed by atoms with Gasteiger partial charge in [-0.3, -0.25) is 0 Å². The van der Waals surface area contributed by atoms with Gasteiger partial charge < -0.3 is 5.32 Å². The minimum absolute atomic E-state index is 0.812. The van der Waals surface area contributed by atoms with Crippen LogP contribution >= 0.6 is 11.3 Å². The van der Waals surface area contributed by atoms with E-state index in [0.29, 0.717) is 0 Å². The zero-order valence-corrected chi connectivity index (χ0v) is 11.3. The monoisotopic (exact) mass is 267 g/mol. The third-order valence-electron chi connectivity index (χ3n) is 2.74. The molecule has 0 aliphatic carbocycles. The van der Waals surface area contributed by atoms with Crippen LogP contribution in [0.5, 0.6) is 0 Å². The highest BCUT2D eigenvalue weighted by molar-refractivity contribution is 7.18. The van der Waals surface area contributed by atoms with Gasteiger partial charge in [-0.1, -0.05) is 47.2 Å². The maximum absolute atomic E-state index is 4.38. The Kier molecular flexibility index (Phi) is 3.25. The quantitative estimate of drug-likeness (QED) is 0.770. The number of benzene rings is 1. The summed E-state index contributed by atoms with van der Waals surface area (Å²) < 4.78 is 0. The molecular formula is C15H13N3S. The Morgan fingerprint density at radius 2 is 1.84 bits per heavy atom. The Hall–Kier alpha value is -2.20. The summed E-state index contributed by atoms with van der Waals surface area (Å²) in [5.74, 6) is 0.812. The minimum Gasteiger partial charge on any atom is -0.316 e. The number of nitrogens with zero attached hydrogens (tertiary/aromatic N) is 2. The second-order valence-corrected chi connectivity index (χ2v) is 5.27. The third kappa shape index (κ3) is 2.80. The number of anilines is 2. The maximum atomic E-state index is 4.38. The molecule has 0 saturated carbocycles. The first-order valence-electron chi connectivity index (χ1n) is 6.02. The van der Waals surface area contributed by atoms with Gasteiger partial charge in [0.2, 0.25) is 0 Å². The molecule has 0 bridgehead atoms. The molecule has 19 heavy (non-hydrogen) atoms. The Labute approximate surface area is 116 Å². The minimum atomic E-state index is 0.812. The summed E-state index contributed by atoms with van der Waals surface area (Å²) in [5.41, 5.74) is 2.46. The Bertz CT molecular complexity index is 659. The predicted octanol–water partition coefficient (Wildman–Crippen LogP) is 4.26. The zero-order chi connectivity index (χ0) is 13.1. The van der Waals surface area contributed by atoms with Gasteiger partial charge in [-0.25, -0.2) is 9.97 Å². The van der Waals surface area contributed by atoms with Gasteiger partial charge >= 0.3 is 0 Å². The molecule has 3 nitrogen and oxygen atoms in total. The van der Waals surface area contributed by atoms with E-state index < -0.39 is 0 Å². The molecule has 0 unspecified atom stereocenters. The number of hydrogen-bond acceptors (Lipinski definition) is 4. The number of rotatable bonds is 3. The average molecular weight is 267 g/mol. The molecule has 94 valence electrons. The van der Waals surface area contributed by atoms with E-state index in [1.54, 1.807) is 17.5 Å². The first kappa shape index (κ1) is 11.9. The van der Waals surface area contributed by atoms with Crippen molar-refractivity contribution in [2.45, 2.75) is 6.92 Å². The maximum Gasteiger partial charge on any atom is 0.188 e. The first-order chi connectivity index (χ1) is 9.31. The fourth-order valence-electron chi connectivity index (χ4n) is 1.73. The van der Waals surface area contributed by atoms with E-state index in [1.807, 2.05) is 24.4 Å². The fraction of sp³-hybridized carbons (Fsp3) is 0.0667. The molecule has 0 saturated heterocycles. The van der Waals surface area contributed by atoms with E-state index in [-0.39, 0.29) is 0 Å². The van der Waals surface area contributed by atoms with E-state index in [9.17, 15) is 0 Å². The summed E-state index contributed by atoms with van der Waals surface area (Å²) in [6.07, 6.45) is 3.65. The van der Waals surface area contributed by atoms with Gasteiger partial charge in [0, 0.05) is 12.4 Å². The molecule has 1 N–H and O–H groups in total. The lowest BCUT2D eigenvalue weighted by Crippen LogP contribution is -1.90. The lowest BCUT2D eigenvalue weighted by molar-refractivity contribution is 1.29. The van der Waals surface area contributed by atoms with Crippen LogP contribution in [0.2, 0.25) is 0 Å². The summed E-state index contributed by atoms with van der Waals surface area (Å²) in [6.45, 7) is 2.09. The second-order valence-electron chi connectivity index (χ2n) is 4.24. The van der Waals surface area contributed by atoms with Gasteiger partial charge in [-0.05, 0) is 24.6 Å². The van der Waals surface area contributed by atoms with Crippen LogP contribution in [0.3, 0.4) is 0 Å². The number of aryl methyl sites for hydroxylation is 1. The molecule has 1 aromatic carbocycles. The SMILES string of the molecule is Cc1ccc(-c2cnc(Nc3ccccn3)s2)cc1. The van der Waals surface area contributed by atoms with E-state index in [4.69, 9.17) is 0 Å². The van der Waals surface area contributed by atoms with Crippen LogP contribution < -0.4 is 5.32 Å². The van der Waals surface area contributed by atoms with Crippen molar-refractivity contribution in [3.8, 4) is 10.4 Å². The van der Waals surface area contributed by atoms with Crippen LogP contribution in [0.15, 0.2) is 54.9 Å². The Morgan fingerprint density at radius 3 is 2.58 bits per heavy atom. The van der Waals surface area contributed by atoms with E-state index in [1.165, 1.54) is 11.1 Å². The van der Waals surface area contributed by atoms with Crippen molar-refractivity contribution in [2.24, 2.45) is 0 Å². The van der Waals surface area contributed by atoms with Gasteiger partial charge in [0.1, 0.15) is 5.82 Å². The molecule has 2 aromatic heterocycles. The Balaban J connectivity index is 1.82. The smallest absolute Gasteiger partial charge is 0.188 e. The number of nitrogens with one attached hydrogen (secondary N) is 1. The van der Waals surface area contributed by atoms with Gasteiger partial charge in [-0.2, -0.15) is 0 Å².